The molecule has 0 saturated heterocycles. The van der Waals surface area contributed by atoms with Gasteiger partial charge in [-0.1, -0.05) is 12.1 Å². The van der Waals surface area contributed by atoms with Gasteiger partial charge in [0.25, 0.3) is 5.92 Å². The second-order valence-corrected chi connectivity index (χ2v) is 3.60. The van der Waals surface area contributed by atoms with Crippen molar-refractivity contribution in [3.05, 3.63) is 35.6 Å². The summed E-state index contributed by atoms with van der Waals surface area (Å²) in [4.78, 5) is 10.8. The molecule has 1 aliphatic rings. The van der Waals surface area contributed by atoms with Gasteiger partial charge >= 0.3 is 5.97 Å². The van der Waals surface area contributed by atoms with Crippen molar-refractivity contribution in [3.63, 3.8) is 0 Å². The number of benzene rings is 1. The Bertz CT molecular complexity index is 413. The Morgan fingerprint density at radius 3 is 2.07 bits per heavy atom. The molecule has 1 N–H and O–H groups in total. The van der Waals surface area contributed by atoms with E-state index in [0.29, 0.717) is 0 Å². The predicted molar refractivity (Wildman–Crippen MR) is 45.3 cm³/mol. The summed E-state index contributed by atoms with van der Waals surface area (Å²) in [5.74, 6) is -5.39. The van der Waals surface area contributed by atoms with Gasteiger partial charge in [-0.3, -0.25) is 4.79 Å². The van der Waals surface area contributed by atoms with Crippen molar-refractivity contribution in [3.8, 4) is 0 Å². The molecule has 0 aliphatic heterocycles. The Kier molecular flexibility index (Phi) is 1.83. The molecule has 1 atom stereocenters. The normalized spacial score (nSPS) is 27.4. The number of alkyl halides is 2. The van der Waals surface area contributed by atoms with Crippen molar-refractivity contribution in [2.24, 2.45) is 0 Å². The van der Waals surface area contributed by atoms with Crippen LogP contribution in [0, 0.1) is 5.82 Å². The first kappa shape index (κ1) is 10.0. The molecule has 5 heteroatoms. The molecule has 2 rings (SSSR count). The molecule has 2 nitrogen and oxygen atoms in total. The number of halogens is 3. The number of aliphatic carboxylic acids is 1. The summed E-state index contributed by atoms with van der Waals surface area (Å²) in [6.45, 7) is 0. The molecule has 1 aromatic carbocycles. The van der Waals surface area contributed by atoms with Crippen LogP contribution in [-0.2, 0) is 10.2 Å². The zero-order chi connectivity index (χ0) is 11.3. The van der Waals surface area contributed by atoms with E-state index in [4.69, 9.17) is 5.11 Å². The third kappa shape index (κ3) is 1.22. The Morgan fingerprint density at radius 1 is 1.27 bits per heavy atom. The van der Waals surface area contributed by atoms with Gasteiger partial charge in [-0.2, -0.15) is 0 Å². The van der Waals surface area contributed by atoms with Crippen molar-refractivity contribution in [2.45, 2.75) is 17.8 Å². The highest BCUT2D eigenvalue weighted by atomic mass is 19.3. The molecule has 1 unspecified atom stereocenters. The van der Waals surface area contributed by atoms with Crippen LogP contribution in [0.5, 0.6) is 0 Å². The maximum absolute atomic E-state index is 13.0. The summed E-state index contributed by atoms with van der Waals surface area (Å²) in [6.07, 6.45) is -0.721. The molecule has 1 saturated carbocycles. The lowest BCUT2D eigenvalue weighted by Gasteiger charge is -2.11. The van der Waals surface area contributed by atoms with E-state index in [1.165, 1.54) is 0 Å². The average molecular weight is 216 g/mol. The number of hydrogen-bond acceptors (Lipinski definition) is 1. The molecular weight excluding hydrogens is 209 g/mol. The van der Waals surface area contributed by atoms with Crippen molar-refractivity contribution in [1.82, 2.24) is 0 Å². The van der Waals surface area contributed by atoms with Gasteiger partial charge in [0, 0.05) is 6.42 Å². The third-order valence-electron chi connectivity index (χ3n) is 2.69. The fourth-order valence-electron chi connectivity index (χ4n) is 1.69. The minimum absolute atomic E-state index is 0.0543. The molecule has 0 aromatic heterocycles. The van der Waals surface area contributed by atoms with E-state index in [1.54, 1.807) is 0 Å². The molecule has 0 radical (unpaired) electrons. The Hall–Kier alpha value is -1.52. The van der Waals surface area contributed by atoms with Crippen LogP contribution in [0.2, 0.25) is 0 Å². The van der Waals surface area contributed by atoms with Crippen molar-refractivity contribution in [1.29, 1.82) is 0 Å². The second kappa shape index (κ2) is 2.74. The average Bonchev–Trinajstić information content (AvgIpc) is 2.72. The van der Waals surface area contributed by atoms with Gasteiger partial charge in [0.1, 0.15) is 5.82 Å². The summed E-state index contributed by atoms with van der Waals surface area (Å²) in [5.41, 5.74) is -2.21. The fourth-order valence-corrected chi connectivity index (χ4v) is 1.69. The van der Waals surface area contributed by atoms with Crippen LogP contribution in [0.1, 0.15) is 12.0 Å². The van der Waals surface area contributed by atoms with Gasteiger partial charge in [-0.05, 0) is 17.7 Å². The van der Waals surface area contributed by atoms with Crippen LogP contribution in [-0.4, -0.2) is 17.0 Å². The maximum Gasteiger partial charge on any atom is 0.320 e. The number of carbonyl (C=O) groups is 1. The maximum atomic E-state index is 13.0. The van der Waals surface area contributed by atoms with Crippen LogP contribution >= 0.6 is 0 Å². The van der Waals surface area contributed by atoms with E-state index >= 15 is 0 Å². The minimum Gasteiger partial charge on any atom is -0.480 e. The van der Waals surface area contributed by atoms with Crippen LogP contribution in [0.3, 0.4) is 0 Å². The highest BCUT2D eigenvalue weighted by molar-refractivity contribution is 5.87. The summed E-state index contributed by atoms with van der Waals surface area (Å²) >= 11 is 0. The first-order valence-electron chi connectivity index (χ1n) is 4.27. The van der Waals surface area contributed by atoms with E-state index < -0.39 is 29.5 Å². The molecule has 1 aromatic rings. The van der Waals surface area contributed by atoms with Gasteiger partial charge in [0.2, 0.25) is 0 Å². The third-order valence-corrected chi connectivity index (χ3v) is 2.69. The van der Waals surface area contributed by atoms with E-state index in [-0.39, 0.29) is 5.56 Å². The zero-order valence-electron chi connectivity index (χ0n) is 7.51. The molecule has 1 fully saturated rings. The monoisotopic (exact) mass is 216 g/mol. The van der Waals surface area contributed by atoms with Gasteiger partial charge in [-0.15, -0.1) is 0 Å². The first-order chi connectivity index (χ1) is 6.90. The van der Waals surface area contributed by atoms with Crippen molar-refractivity contribution >= 4 is 5.97 Å². The van der Waals surface area contributed by atoms with E-state index in [0.717, 1.165) is 24.3 Å². The molecule has 15 heavy (non-hydrogen) atoms. The zero-order valence-corrected chi connectivity index (χ0v) is 7.51. The molecular formula is C10H7F3O2. The van der Waals surface area contributed by atoms with E-state index in [1.807, 2.05) is 0 Å². The molecule has 0 amide bonds. The lowest BCUT2D eigenvalue weighted by molar-refractivity contribution is -0.142. The van der Waals surface area contributed by atoms with Gasteiger partial charge in [0.15, 0.2) is 5.41 Å². The van der Waals surface area contributed by atoms with Crippen molar-refractivity contribution in [2.75, 3.05) is 0 Å². The second-order valence-electron chi connectivity index (χ2n) is 3.60. The summed E-state index contributed by atoms with van der Waals surface area (Å²) in [7, 11) is 0. The smallest absolute Gasteiger partial charge is 0.320 e. The largest absolute Gasteiger partial charge is 0.480 e. The molecule has 0 bridgehead atoms. The van der Waals surface area contributed by atoms with Crippen LogP contribution in [0.15, 0.2) is 24.3 Å². The van der Waals surface area contributed by atoms with Crippen LogP contribution in [0.4, 0.5) is 13.2 Å². The highest BCUT2D eigenvalue weighted by Gasteiger charge is 2.77. The SMILES string of the molecule is O=C(O)C1(c2ccc(F)cc2)CC1(F)F. The Morgan fingerprint density at radius 2 is 1.73 bits per heavy atom. The highest BCUT2D eigenvalue weighted by Crippen LogP contribution is 2.61. The van der Waals surface area contributed by atoms with Gasteiger partial charge in [-0.25, -0.2) is 13.2 Å². The van der Waals surface area contributed by atoms with Crippen molar-refractivity contribution < 1.29 is 23.1 Å². The molecule has 80 valence electrons. The number of carboxylic acids is 1. The van der Waals surface area contributed by atoms with Crippen LogP contribution in [0.25, 0.3) is 0 Å². The van der Waals surface area contributed by atoms with Crippen LogP contribution < -0.4 is 0 Å². The molecule has 0 heterocycles. The summed E-state index contributed by atoms with van der Waals surface area (Å²) in [6, 6.07) is 4.14. The minimum atomic E-state index is -3.24. The lowest BCUT2D eigenvalue weighted by atomic mass is 9.95. The summed E-state index contributed by atoms with van der Waals surface area (Å²) < 4.78 is 38.6. The standard InChI is InChI=1S/C10H7F3O2/c11-7-3-1-6(2-4-7)9(8(14)15)5-10(9,12)13/h1-4H,5H2,(H,14,15). The topological polar surface area (TPSA) is 37.3 Å². The molecule has 1 aliphatic carbocycles. The predicted octanol–water partition coefficient (Wildman–Crippen LogP) is 2.19. The molecule has 0 spiro atoms. The number of hydrogen-bond donors (Lipinski definition) is 1. The van der Waals surface area contributed by atoms with E-state index in [2.05, 4.69) is 0 Å². The number of carboxylic acid groups (broad SMARTS) is 1. The quantitative estimate of drug-likeness (QED) is 0.822. The van der Waals surface area contributed by atoms with E-state index in [9.17, 15) is 18.0 Å². The Balaban J connectivity index is 2.45. The van der Waals surface area contributed by atoms with Gasteiger partial charge < -0.3 is 5.11 Å². The Labute approximate surface area is 83.3 Å². The lowest BCUT2D eigenvalue weighted by Crippen LogP contribution is -2.26. The van der Waals surface area contributed by atoms with Gasteiger partial charge in [0.05, 0.1) is 0 Å². The summed E-state index contributed by atoms with van der Waals surface area (Å²) in [5, 5.41) is 8.79. The fraction of sp³-hybridized carbons (Fsp3) is 0.300. The number of rotatable bonds is 2. The first-order valence-corrected chi connectivity index (χ1v) is 4.27.